The third kappa shape index (κ3) is 3.45. The van der Waals surface area contributed by atoms with E-state index in [1.807, 2.05) is 4.83 Å². The van der Waals surface area contributed by atoms with E-state index >= 15 is 0 Å². The molecule has 0 aromatic carbocycles. The van der Waals surface area contributed by atoms with Gasteiger partial charge in [0, 0.05) is 6.42 Å². The van der Waals surface area contributed by atoms with Crippen molar-refractivity contribution >= 4 is 38.9 Å². The van der Waals surface area contributed by atoms with Crippen molar-refractivity contribution in [1.82, 2.24) is 10.3 Å². The number of sulfonamides is 1. The lowest BCUT2D eigenvalue weighted by atomic mass is 10.5. The number of hydrogen-bond acceptors (Lipinski definition) is 4. The van der Waals surface area contributed by atoms with Gasteiger partial charge in [-0.25, -0.2) is 8.42 Å². The zero-order valence-corrected chi connectivity index (χ0v) is 10.2. The van der Waals surface area contributed by atoms with Crippen molar-refractivity contribution < 1.29 is 13.2 Å². The Bertz CT molecular complexity index is 455. The van der Waals surface area contributed by atoms with Crippen molar-refractivity contribution in [3.8, 4) is 0 Å². The first-order valence-corrected chi connectivity index (χ1v) is 6.69. The molecule has 1 aromatic rings. The molecule has 1 heterocycles. The molecule has 1 amide bonds. The minimum atomic E-state index is -3.69. The summed E-state index contributed by atoms with van der Waals surface area (Å²) in [5, 5.41) is 0. The van der Waals surface area contributed by atoms with Crippen molar-refractivity contribution in [3.63, 3.8) is 0 Å². The zero-order valence-electron chi connectivity index (χ0n) is 7.78. The summed E-state index contributed by atoms with van der Waals surface area (Å²) in [7, 11) is -3.69. The van der Waals surface area contributed by atoms with E-state index in [1.165, 1.54) is 12.1 Å². The van der Waals surface area contributed by atoms with E-state index in [-0.39, 0.29) is 10.6 Å². The number of rotatable bonds is 4. The molecule has 2 N–H and O–H groups in total. The van der Waals surface area contributed by atoms with E-state index in [9.17, 15) is 13.2 Å². The lowest BCUT2D eigenvalue weighted by Crippen LogP contribution is -2.40. The first-order chi connectivity index (χ1) is 6.95. The first kappa shape index (κ1) is 12.4. The maximum absolute atomic E-state index is 11.5. The predicted molar refractivity (Wildman–Crippen MR) is 58.1 cm³/mol. The van der Waals surface area contributed by atoms with Gasteiger partial charge in [0.1, 0.15) is 4.21 Å². The van der Waals surface area contributed by atoms with Crippen molar-refractivity contribution in [1.29, 1.82) is 0 Å². The van der Waals surface area contributed by atoms with Crippen molar-refractivity contribution in [2.45, 2.75) is 17.6 Å². The van der Waals surface area contributed by atoms with Gasteiger partial charge in [-0.2, -0.15) is 0 Å². The molecule has 0 fully saturated rings. The molecule has 84 valence electrons. The first-order valence-electron chi connectivity index (χ1n) is 4.01. The van der Waals surface area contributed by atoms with Gasteiger partial charge in [0.05, 0.1) is 4.34 Å². The van der Waals surface area contributed by atoms with E-state index < -0.39 is 15.9 Å². The normalized spacial score (nSPS) is 11.3. The molecule has 1 aromatic heterocycles. The molecule has 15 heavy (non-hydrogen) atoms. The van der Waals surface area contributed by atoms with E-state index in [0.29, 0.717) is 4.34 Å². The molecule has 0 atom stereocenters. The lowest BCUT2D eigenvalue weighted by molar-refractivity contribution is -0.121. The zero-order chi connectivity index (χ0) is 11.5. The van der Waals surface area contributed by atoms with Crippen LogP contribution in [-0.4, -0.2) is 14.3 Å². The van der Waals surface area contributed by atoms with Crippen LogP contribution in [0.2, 0.25) is 4.34 Å². The lowest BCUT2D eigenvalue weighted by Gasteiger charge is -2.04. The van der Waals surface area contributed by atoms with Crippen LogP contribution in [0.5, 0.6) is 0 Å². The highest BCUT2D eigenvalue weighted by Gasteiger charge is 2.16. The van der Waals surface area contributed by atoms with Gasteiger partial charge in [-0.1, -0.05) is 18.5 Å². The number of nitrogens with one attached hydrogen (secondary N) is 2. The number of carbonyl (C=O) groups is 1. The van der Waals surface area contributed by atoms with Crippen LogP contribution in [0.4, 0.5) is 0 Å². The molecule has 8 heteroatoms. The molecule has 0 aliphatic heterocycles. The van der Waals surface area contributed by atoms with Gasteiger partial charge in [0.25, 0.3) is 10.0 Å². The van der Waals surface area contributed by atoms with Crippen molar-refractivity contribution in [2.75, 3.05) is 0 Å². The van der Waals surface area contributed by atoms with Gasteiger partial charge >= 0.3 is 0 Å². The monoisotopic (exact) mass is 268 g/mol. The van der Waals surface area contributed by atoms with Crippen LogP contribution in [0.15, 0.2) is 16.3 Å². The van der Waals surface area contributed by atoms with Gasteiger partial charge in [-0.15, -0.1) is 16.2 Å². The minimum absolute atomic E-state index is 0.0592. The van der Waals surface area contributed by atoms with Crippen LogP contribution in [0.3, 0.4) is 0 Å². The predicted octanol–water partition coefficient (Wildman–Crippen LogP) is 1.12. The van der Waals surface area contributed by atoms with Gasteiger partial charge < -0.3 is 0 Å². The van der Waals surface area contributed by atoms with Crippen LogP contribution in [0, 0.1) is 0 Å². The van der Waals surface area contributed by atoms with Crippen molar-refractivity contribution in [2.24, 2.45) is 0 Å². The summed E-state index contributed by atoms with van der Waals surface area (Å²) >= 11 is 6.51. The average molecular weight is 269 g/mol. The molecular weight excluding hydrogens is 260 g/mol. The highest BCUT2D eigenvalue weighted by atomic mass is 35.5. The Morgan fingerprint density at radius 3 is 2.67 bits per heavy atom. The molecule has 0 radical (unpaired) electrons. The second kappa shape index (κ2) is 4.93. The third-order valence-electron chi connectivity index (χ3n) is 1.46. The van der Waals surface area contributed by atoms with Gasteiger partial charge in [-0.05, 0) is 12.1 Å². The summed E-state index contributed by atoms with van der Waals surface area (Å²) in [6.45, 7) is 1.62. The molecule has 0 aliphatic carbocycles. The maximum Gasteiger partial charge on any atom is 0.266 e. The Balaban J connectivity index is 2.72. The van der Waals surface area contributed by atoms with E-state index in [2.05, 4.69) is 5.43 Å². The fourth-order valence-electron chi connectivity index (χ4n) is 0.705. The van der Waals surface area contributed by atoms with Crippen LogP contribution in [0.25, 0.3) is 0 Å². The number of hydrogen-bond donors (Lipinski definition) is 2. The number of carbonyl (C=O) groups excluding carboxylic acids is 1. The van der Waals surface area contributed by atoms with Gasteiger partial charge in [-0.3, -0.25) is 10.2 Å². The Kier molecular flexibility index (Phi) is 4.09. The molecule has 0 aliphatic rings. The fraction of sp³-hybridized carbons (Fsp3) is 0.286. The standard InChI is InChI=1S/C7H9ClN2O3S2/c1-2-6(11)9-10-15(12,13)7-4-3-5(8)14-7/h3-4,10H,2H2,1H3,(H,9,11). The Hall–Kier alpha value is -0.630. The van der Waals surface area contributed by atoms with E-state index in [1.54, 1.807) is 6.92 Å². The molecule has 5 nitrogen and oxygen atoms in total. The molecule has 0 saturated carbocycles. The second-order valence-corrected chi connectivity index (χ2v) is 6.19. The number of halogens is 1. The highest BCUT2D eigenvalue weighted by Crippen LogP contribution is 2.24. The van der Waals surface area contributed by atoms with Crippen molar-refractivity contribution in [3.05, 3.63) is 16.5 Å². The van der Waals surface area contributed by atoms with Gasteiger partial charge in [0.15, 0.2) is 0 Å². The quantitative estimate of drug-likeness (QED) is 0.804. The topological polar surface area (TPSA) is 75.3 Å². The fourth-order valence-corrected chi connectivity index (χ4v) is 3.05. The summed E-state index contributed by atoms with van der Waals surface area (Å²) in [4.78, 5) is 12.8. The summed E-state index contributed by atoms with van der Waals surface area (Å²) < 4.78 is 23.4. The van der Waals surface area contributed by atoms with E-state index in [0.717, 1.165) is 11.3 Å². The highest BCUT2D eigenvalue weighted by molar-refractivity contribution is 7.91. The smallest absolute Gasteiger partial charge is 0.266 e. The van der Waals surface area contributed by atoms with Gasteiger partial charge in [0.2, 0.25) is 5.91 Å². The van der Waals surface area contributed by atoms with Crippen LogP contribution in [-0.2, 0) is 14.8 Å². The number of thiophene rings is 1. The Labute approximate surface area is 96.5 Å². The third-order valence-corrected chi connectivity index (χ3v) is 4.43. The second-order valence-electron chi connectivity index (χ2n) is 2.57. The molecule has 0 unspecified atom stereocenters. The Morgan fingerprint density at radius 2 is 2.20 bits per heavy atom. The van der Waals surface area contributed by atoms with Crippen LogP contribution >= 0.6 is 22.9 Å². The summed E-state index contributed by atoms with van der Waals surface area (Å²) in [5.74, 6) is -0.402. The SMILES string of the molecule is CCC(=O)NNS(=O)(=O)c1ccc(Cl)s1. The number of hydrazine groups is 1. The Morgan fingerprint density at radius 1 is 1.53 bits per heavy atom. The molecular formula is C7H9ClN2O3S2. The van der Waals surface area contributed by atoms with E-state index in [4.69, 9.17) is 11.6 Å². The average Bonchev–Trinajstić information content (AvgIpc) is 2.62. The summed E-state index contributed by atoms with van der Waals surface area (Å²) in [6, 6.07) is 2.84. The largest absolute Gasteiger partial charge is 0.278 e. The summed E-state index contributed by atoms with van der Waals surface area (Å²) in [5.41, 5.74) is 2.07. The van der Waals surface area contributed by atoms with Crippen LogP contribution in [0.1, 0.15) is 13.3 Å². The minimum Gasteiger partial charge on any atom is -0.278 e. The molecule has 1 rings (SSSR count). The summed E-state index contributed by atoms with van der Waals surface area (Å²) in [6.07, 6.45) is 0.202. The molecule has 0 bridgehead atoms. The maximum atomic E-state index is 11.5. The van der Waals surface area contributed by atoms with Crippen LogP contribution < -0.4 is 10.3 Å². The molecule has 0 saturated heterocycles. The number of amides is 1. The molecule has 0 spiro atoms.